The summed E-state index contributed by atoms with van der Waals surface area (Å²) in [6.07, 6.45) is 6.25. The zero-order chi connectivity index (χ0) is 24.5. The number of para-hydroxylation sites is 2. The van der Waals surface area contributed by atoms with Gasteiger partial charge in [-0.15, -0.1) is 0 Å². The number of aromatic nitrogens is 3. The quantitative estimate of drug-likeness (QED) is 0.282. The number of hydrogen-bond donors (Lipinski definition) is 0. The molecule has 3 aromatic carbocycles. The lowest BCUT2D eigenvalue weighted by Crippen LogP contribution is -2.37. The monoisotopic (exact) mass is 496 g/mol. The third-order valence-electron chi connectivity index (χ3n) is 6.37. The van der Waals surface area contributed by atoms with Gasteiger partial charge < -0.3 is 14.0 Å². The molecule has 0 saturated heterocycles. The summed E-state index contributed by atoms with van der Waals surface area (Å²) >= 11 is 1.50. The van der Waals surface area contributed by atoms with E-state index in [0.717, 1.165) is 40.1 Å². The number of amides is 1. The van der Waals surface area contributed by atoms with E-state index in [1.54, 1.807) is 19.6 Å². The summed E-state index contributed by atoms with van der Waals surface area (Å²) in [6.45, 7) is 1.28. The summed E-state index contributed by atoms with van der Waals surface area (Å²) in [7, 11) is 1.65. The zero-order valence-corrected chi connectivity index (χ0v) is 20.5. The first-order valence-electron chi connectivity index (χ1n) is 11.8. The molecule has 0 N–H and O–H groups in total. The molecule has 0 fully saturated rings. The van der Waals surface area contributed by atoms with Crippen molar-refractivity contribution in [3.05, 3.63) is 96.6 Å². The summed E-state index contributed by atoms with van der Waals surface area (Å²) in [5.41, 5.74) is 2.57. The van der Waals surface area contributed by atoms with Gasteiger partial charge in [-0.1, -0.05) is 47.7 Å². The van der Waals surface area contributed by atoms with Crippen LogP contribution in [0.15, 0.2) is 85.5 Å². The lowest BCUT2D eigenvalue weighted by molar-refractivity contribution is -0.119. The van der Waals surface area contributed by atoms with Crippen molar-refractivity contribution in [1.82, 2.24) is 14.5 Å². The number of rotatable bonds is 7. The van der Waals surface area contributed by atoms with E-state index in [0.29, 0.717) is 23.2 Å². The third kappa shape index (κ3) is 4.09. The molecule has 0 saturated carbocycles. The van der Waals surface area contributed by atoms with E-state index in [-0.39, 0.29) is 5.91 Å². The maximum atomic E-state index is 14.4. The van der Waals surface area contributed by atoms with Gasteiger partial charge in [-0.3, -0.25) is 9.69 Å². The number of hydrogen-bond acceptors (Lipinski definition) is 6. The molecule has 0 bridgehead atoms. The van der Waals surface area contributed by atoms with E-state index in [1.165, 1.54) is 11.3 Å². The summed E-state index contributed by atoms with van der Waals surface area (Å²) in [4.78, 5) is 25.2. The molecule has 36 heavy (non-hydrogen) atoms. The van der Waals surface area contributed by atoms with E-state index in [1.807, 2.05) is 82.4 Å². The fourth-order valence-electron chi connectivity index (χ4n) is 4.60. The molecule has 8 heteroatoms. The van der Waals surface area contributed by atoms with Crippen molar-refractivity contribution < 1.29 is 14.3 Å². The number of anilines is 1. The second-order valence-electron chi connectivity index (χ2n) is 8.58. The topological polar surface area (TPSA) is 69.5 Å². The molecule has 1 aliphatic heterocycles. The largest absolute Gasteiger partial charge is 0.497 e. The molecular weight excluding hydrogens is 472 g/mol. The van der Waals surface area contributed by atoms with Gasteiger partial charge in [0.25, 0.3) is 0 Å². The Morgan fingerprint density at radius 2 is 1.83 bits per heavy atom. The third-order valence-corrected chi connectivity index (χ3v) is 7.41. The van der Waals surface area contributed by atoms with Crippen LogP contribution in [0.2, 0.25) is 0 Å². The molecule has 1 amide bonds. The van der Waals surface area contributed by atoms with Gasteiger partial charge in [0.15, 0.2) is 5.13 Å². The standard InChI is InChI=1S/C28H24N4O3S/c1-34-19-11-12-22-25(17-19)36-28(30-22)32(15-6-14-31-16-13-29-18-31)27(33)26-20-7-2-4-9-23(20)35-24-10-5-3-8-21(24)26/h2-5,7-13,16-18,26H,6,14-15H2,1H3. The summed E-state index contributed by atoms with van der Waals surface area (Å²) in [6, 6.07) is 21.3. The molecule has 0 unspecified atom stereocenters. The maximum Gasteiger partial charge on any atom is 0.241 e. The number of imidazole rings is 1. The number of benzene rings is 3. The Labute approximate surface area is 212 Å². The maximum absolute atomic E-state index is 14.4. The van der Waals surface area contributed by atoms with Crippen LogP contribution >= 0.6 is 11.3 Å². The van der Waals surface area contributed by atoms with Crippen LogP contribution in [0, 0.1) is 0 Å². The zero-order valence-electron chi connectivity index (χ0n) is 19.7. The minimum absolute atomic E-state index is 0.0187. The number of carbonyl (C=O) groups excluding carboxylic acids is 1. The lowest BCUT2D eigenvalue weighted by Gasteiger charge is -2.31. The van der Waals surface area contributed by atoms with Crippen LogP contribution in [0.3, 0.4) is 0 Å². The molecule has 6 rings (SSSR count). The van der Waals surface area contributed by atoms with Crippen LogP contribution < -0.4 is 14.4 Å². The minimum atomic E-state index is -0.485. The molecular formula is C28H24N4O3S. The van der Waals surface area contributed by atoms with E-state index in [4.69, 9.17) is 14.5 Å². The van der Waals surface area contributed by atoms with Crippen molar-refractivity contribution in [2.24, 2.45) is 0 Å². The van der Waals surface area contributed by atoms with Crippen molar-refractivity contribution >= 4 is 32.6 Å². The van der Waals surface area contributed by atoms with E-state index in [9.17, 15) is 4.79 Å². The Hall–Kier alpha value is -4.17. The second kappa shape index (κ2) is 9.47. The predicted molar refractivity (Wildman–Crippen MR) is 140 cm³/mol. The van der Waals surface area contributed by atoms with Crippen LogP contribution in [-0.2, 0) is 11.3 Å². The molecule has 0 spiro atoms. The van der Waals surface area contributed by atoms with Crippen LogP contribution in [0.4, 0.5) is 5.13 Å². The van der Waals surface area contributed by atoms with E-state index < -0.39 is 5.92 Å². The molecule has 5 aromatic rings. The van der Waals surface area contributed by atoms with Gasteiger partial charge in [0.1, 0.15) is 17.2 Å². The molecule has 0 aliphatic carbocycles. The van der Waals surface area contributed by atoms with Crippen molar-refractivity contribution in [2.75, 3.05) is 18.6 Å². The SMILES string of the molecule is COc1ccc2nc(N(CCCn3ccnc3)C(=O)C3c4ccccc4Oc4ccccc43)sc2c1. The van der Waals surface area contributed by atoms with Crippen LogP contribution in [-0.4, -0.2) is 34.1 Å². The van der Waals surface area contributed by atoms with Gasteiger partial charge in [-0.2, -0.15) is 0 Å². The smallest absolute Gasteiger partial charge is 0.241 e. The first-order valence-corrected chi connectivity index (χ1v) is 12.6. The molecule has 0 atom stereocenters. The van der Waals surface area contributed by atoms with Gasteiger partial charge in [-0.05, 0) is 36.8 Å². The molecule has 0 radical (unpaired) electrons. The Morgan fingerprint density at radius 1 is 1.08 bits per heavy atom. The normalized spacial score (nSPS) is 12.6. The Morgan fingerprint density at radius 3 is 2.53 bits per heavy atom. The van der Waals surface area contributed by atoms with Crippen LogP contribution in [0.1, 0.15) is 23.5 Å². The number of carbonyl (C=O) groups is 1. The van der Waals surface area contributed by atoms with Crippen molar-refractivity contribution in [1.29, 1.82) is 0 Å². The molecule has 1 aliphatic rings. The Bertz CT molecular complexity index is 1480. The van der Waals surface area contributed by atoms with Gasteiger partial charge in [-0.25, -0.2) is 9.97 Å². The van der Waals surface area contributed by atoms with Crippen molar-refractivity contribution in [3.8, 4) is 17.2 Å². The first-order chi connectivity index (χ1) is 17.7. The first kappa shape index (κ1) is 22.3. The molecule has 180 valence electrons. The predicted octanol–water partition coefficient (Wildman–Crippen LogP) is 5.86. The lowest BCUT2D eigenvalue weighted by atomic mass is 9.87. The highest BCUT2D eigenvalue weighted by atomic mass is 32.1. The average Bonchev–Trinajstić information content (AvgIpc) is 3.58. The van der Waals surface area contributed by atoms with Crippen molar-refractivity contribution in [2.45, 2.75) is 18.9 Å². The Balaban J connectivity index is 1.40. The van der Waals surface area contributed by atoms with Gasteiger partial charge in [0.2, 0.25) is 5.91 Å². The number of ether oxygens (including phenoxy) is 2. The minimum Gasteiger partial charge on any atom is -0.497 e. The fourth-order valence-corrected chi connectivity index (χ4v) is 5.62. The number of fused-ring (bicyclic) bond motifs is 3. The van der Waals surface area contributed by atoms with E-state index in [2.05, 4.69) is 4.98 Å². The van der Waals surface area contributed by atoms with Crippen LogP contribution in [0.25, 0.3) is 10.2 Å². The van der Waals surface area contributed by atoms with E-state index >= 15 is 0 Å². The summed E-state index contributed by atoms with van der Waals surface area (Å²) in [5, 5.41) is 0.676. The van der Waals surface area contributed by atoms with Gasteiger partial charge in [0.05, 0.1) is 29.6 Å². The number of methoxy groups -OCH3 is 1. The second-order valence-corrected chi connectivity index (χ2v) is 9.59. The summed E-state index contributed by atoms with van der Waals surface area (Å²) in [5.74, 6) is 1.68. The van der Waals surface area contributed by atoms with Gasteiger partial charge in [0, 0.05) is 36.6 Å². The fraction of sp³-hybridized carbons (Fsp3) is 0.179. The summed E-state index contributed by atoms with van der Waals surface area (Å²) < 4.78 is 14.5. The highest BCUT2D eigenvalue weighted by Crippen LogP contribution is 2.45. The molecule has 3 heterocycles. The molecule has 7 nitrogen and oxygen atoms in total. The number of thiazole rings is 1. The highest BCUT2D eigenvalue weighted by Gasteiger charge is 2.36. The number of aryl methyl sites for hydroxylation is 1. The van der Waals surface area contributed by atoms with Crippen LogP contribution in [0.5, 0.6) is 17.2 Å². The highest BCUT2D eigenvalue weighted by molar-refractivity contribution is 7.22. The van der Waals surface area contributed by atoms with Crippen molar-refractivity contribution in [3.63, 3.8) is 0 Å². The Kier molecular flexibility index (Phi) is 5.87. The average molecular weight is 497 g/mol. The van der Waals surface area contributed by atoms with Gasteiger partial charge >= 0.3 is 0 Å². The molecule has 2 aromatic heterocycles. The number of nitrogens with zero attached hydrogens (tertiary/aromatic N) is 4.